The summed E-state index contributed by atoms with van der Waals surface area (Å²) in [6.07, 6.45) is 0.530. The summed E-state index contributed by atoms with van der Waals surface area (Å²) in [4.78, 5) is 12.0. The van der Waals surface area contributed by atoms with E-state index < -0.39 is 17.5 Å². The quantitative estimate of drug-likeness (QED) is 0.942. The molecule has 120 valence electrons. The van der Waals surface area contributed by atoms with Gasteiger partial charge in [-0.25, -0.2) is 8.78 Å². The summed E-state index contributed by atoms with van der Waals surface area (Å²) in [5.74, 6) is -0.760. The molecule has 23 heavy (non-hydrogen) atoms. The zero-order valence-corrected chi connectivity index (χ0v) is 12.2. The fourth-order valence-corrected chi connectivity index (χ4v) is 2.46. The number of carbonyl (C=O) groups is 1. The molecule has 6 heteroatoms. The van der Waals surface area contributed by atoms with Gasteiger partial charge in [-0.05, 0) is 30.3 Å². The van der Waals surface area contributed by atoms with E-state index in [1.165, 1.54) is 30.3 Å². The number of hydrogen-bond acceptors (Lipinski definition) is 3. The minimum absolute atomic E-state index is 0.0149. The summed E-state index contributed by atoms with van der Waals surface area (Å²) in [6, 6.07) is 9.70. The van der Waals surface area contributed by atoms with Gasteiger partial charge >= 0.3 is 0 Å². The third kappa shape index (κ3) is 3.59. The van der Waals surface area contributed by atoms with E-state index in [2.05, 4.69) is 5.32 Å². The van der Waals surface area contributed by atoms with Gasteiger partial charge in [0.15, 0.2) is 18.2 Å². The van der Waals surface area contributed by atoms with E-state index in [-0.39, 0.29) is 18.4 Å². The zero-order valence-electron chi connectivity index (χ0n) is 12.2. The molecule has 0 fully saturated rings. The first-order valence-corrected chi connectivity index (χ1v) is 7.22. The monoisotopic (exact) mass is 319 g/mol. The lowest BCUT2D eigenvalue weighted by Gasteiger charge is -2.26. The van der Waals surface area contributed by atoms with Gasteiger partial charge in [0.1, 0.15) is 11.6 Å². The Kier molecular flexibility index (Phi) is 4.41. The topological polar surface area (TPSA) is 47.6 Å². The van der Waals surface area contributed by atoms with E-state index in [0.717, 1.165) is 0 Å². The highest BCUT2D eigenvalue weighted by atomic mass is 19.1. The molecule has 1 heterocycles. The van der Waals surface area contributed by atoms with Crippen LogP contribution in [0.1, 0.15) is 18.0 Å². The maximum atomic E-state index is 13.4. The number of benzene rings is 2. The van der Waals surface area contributed by atoms with E-state index in [1.54, 1.807) is 12.1 Å². The molecule has 2 aromatic carbocycles. The van der Waals surface area contributed by atoms with Crippen molar-refractivity contribution in [1.82, 2.24) is 5.32 Å². The normalized spacial score (nSPS) is 16.2. The van der Waals surface area contributed by atoms with Crippen LogP contribution in [0.4, 0.5) is 8.78 Å². The van der Waals surface area contributed by atoms with Crippen LogP contribution in [0.25, 0.3) is 0 Å². The lowest BCUT2D eigenvalue weighted by Crippen LogP contribution is -2.35. The lowest BCUT2D eigenvalue weighted by molar-refractivity contribution is -0.124. The molecule has 0 bridgehead atoms. The van der Waals surface area contributed by atoms with Crippen LogP contribution in [0.15, 0.2) is 42.5 Å². The number of carbonyl (C=O) groups excluding carboxylic acids is 1. The predicted octanol–water partition coefficient (Wildman–Crippen LogP) is 2.98. The van der Waals surface area contributed by atoms with Gasteiger partial charge in [-0.1, -0.05) is 12.1 Å². The van der Waals surface area contributed by atoms with Gasteiger partial charge in [0.25, 0.3) is 5.91 Å². The molecule has 0 radical (unpaired) electrons. The SMILES string of the molecule is O=C(COc1ccccc1F)NC1CCOc2ccc(F)cc21. The third-order valence-corrected chi connectivity index (χ3v) is 3.54. The Bertz CT molecular complexity index is 721. The maximum Gasteiger partial charge on any atom is 0.258 e. The molecule has 1 N–H and O–H groups in total. The van der Waals surface area contributed by atoms with Crippen LogP contribution in [-0.2, 0) is 4.79 Å². The molecule has 0 spiro atoms. The minimum Gasteiger partial charge on any atom is -0.493 e. The van der Waals surface area contributed by atoms with Crippen LogP contribution >= 0.6 is 0 Å². The third-order valence-electron chi connectivity index (χ3n) is 3.54. The highest BCUT2D eigenvalue weighted by molar-refractivity contribution is 5.78. The number of nitrogens with one attached hydrogen (secondary N) is 1. The molecular formula is C17H15F2NO3. The van der Waals surface area contributed by atoms with Gasteiger partial charge in [0.05, 0.1) is 12.6 Å². The second kappa shape index (κ2) is 6.64. The Balaban J connectivity index is 1.63. The number of para-hydroxylation sites is 1. The largest absolute Gasteiger partial charge is 0.493 e. The summed E-state index contributed by atoms with van der Waals surface area (Å²) < 4.78 is 37.4. The second-order valence-electron chi connectivity index (χ2n) is 5.16. The first kappa shape index (κ1) is 15.3. The summed E-state index contributed by atoms with van der Waals surface area (Å²) in [5, 5.41) is 2.76. The molecule has 1 atom stereocenters. The number of hydrogen-bond donors (Lipinski definition) is 1. The summed E-state index contributed by atoms with van der Waals surface area (Å²) in [7, 11) is 0. The van der Waals surface area contributed by atoms with Crippen LogP contribution in [-0.4, -0.2) is 19.1 Å². The first-order valence-electron chi connectivity index (χ1n) is 7.22. The fourth-order valence-electron chi connectivity index (χ4n) is 2.46. The van der Waals surface area contributed by atoms with Crippen molar-refractivity contribution in [2.45, 2.75) is 12.5 Å². The number of fused-ring (bicyclic) bond motifs is 1. The van der Waals surface area contributed by atoms with Crippen molar-refractivity contribution in [3.8, 4) is 11.5 Å². The average Bonchev–Trinajstić information content (AvgIpc) is 2.55. The first-order chi connectivity index (χ1) is 11.1. The second-order valence-corrected chi connectivity index (χ2v) is 5.16. The average molecular weight is 319 g/mol. The summed E-state index contributed by atoms with van der Waals surface area (Å²) in [6.45, 7) is 0.112. The van der Waals surface area contributed by atoms with Gasteiger partial charge in [0, 0.05) is 12.0 Å². The molecule has 1 amide bonds. The Morgan fingerprint density at radius 2 is 2.09 bits per heavy atom. The van der Waals surface area contributed by atoms with Crippen LogP contribution in [0.5, 0.6) is 11.5 Å². The van der Waals surface area contributed by atoms with Crippen LogP contribution in [0.3, 0.4) is 0 Å². The van der Waals surface area contributed by atoms with Crippen molar-refractivity contribution >= 4 is 5.91 Å². The number of rotatable bonds is 4. The van der Waals surface area contributed by atoms with Crippen molar-refractivity contribution in [3.63, 3.8) is 0 Å². The molecule has 0 saturated heterocycles. The molecule has 2 aromatic rings. The van der Waals surface area contributed by atoms with E-state index >= 15 is 0 Å². The predicted molar refractivity (Wildman–Crippen MR) is 79.3 cm³/mol. The van der Waals surface area contributed by atoms with E-state index in [0.29, 0.717) is 24.3 Å². The van der Waals surface area contributed by atoms with E-state index in [9.17, 15) is 13.6 Å². The highest BCUT2D eigenvalue weighted by Gasteiger charge is 2.23. The summed E-state index contributed by atoms with van der Waals surface area (Å²) in [5.41, 5.74) is 0.593. The lowest BCUT2D eigenvalue weighted by atomic mass is 10.0. The van der Waals surface area contributed by atoms with E-state index in [4.69, 9.17) is 9.47 Å². The molecule has 0 aromatic heterocycles. The Hall–Kier alpha value is -2.63. The van der Waals surface area contributed by atoms with Gasteiger partial charge in [-0.15, -0.1) is 0 Å². The Labute approximate surface area is 132 Å². The van der Waals surface area contributed by atoms with Crippen molar-refractivity contribution in [3.05, 3.63) is 59.7 Å². The van der Waals surface area contributed by atoms with Gasteiger partial charge in [-0.3, -0.25) is 4.79 Å². The van der Waals surface area contributed by atoms with Crippen molar-refractivity contribution in [2.24, 2.45) is 0 Å². The molecular weight excluding hydrogens is 304 g/mol. The molecule has 3 rings (SSSR count). The Morgan fingerprint density at radius 3 is 2.91 bits per heavy atom. The van der Waals surface area contributed by atoms with Crippen LogP contribution < -0.4 is 14.8 Å². The minimum atomic E-state index is -0.529. The molecule has 0 aliphatic carbocycles. The van der Waals surface area contributed by atoms with Gasteiger partial charge < -0.3 is 14.8 Å². The van der Waals surface area contributed by atoms with Crippen molar-refractivity contribution in [2.75, 3.05) is 13.2 Å². The van der Waals surface area contributed by atoms with Crippen LogP contribution in [0, 0.1) is 11.6 Å². The molecule has 1 aliphatic rings. The molecule has 1 aliphatic heterocycles. The van der Waals surface area contributed by atoms with Crippen molar-refractivity contribution in [1.29, 1.82) is 0 Å². The fraction of sp³-hybridized carbons (Fsp3) is 0.235. The zero-order chi connectivity index (χ0) is 16.2. The van der Waals surface area contributed by atoms with Crippen molar-refractivity contribution < 1.29 is 23.0 Å². The smallest absolute Gasteiger partial charge is 0.258 e. The van der Waals surface area contributed by atoms with Gasteiger partial charge in [-0.2, -0.15) is 0 Å². The van der Waals surface area contributed by atoms with Crippen LogP contribution in [0.2, 0.25) is 0 Å². The molecule has 4 nitrogen and oxygen atoms in total. The molecule has 1 unspecified atom stereocenters. The standard InChI is InChI=1S/C17H15F2NO3/c18-11-5-6-15-12(9-11)14(7-8-22-15)20-17(21)10-23-16-4-2-1-3-13(16)19/h1-6,9,14H,7-8,10H2,(H,20,21). The molecule has 0 saturated carbocycles. The number of amides is 1. The summed E-state index contributed by atoms with van der Waals surface area (Å²) >= 11 is 0. The maximum absolute atomic E-state index is 13.4. The Morgan fingerprint density at radius 1 is 1.26 bits per heavy atom. The van der Waals surface area contributed by atoms with Gasteiger partial charge in [0.2, 0.25) is 0 Å². The van der Waals surface area contributed by atoms with E-state index in [1.807, 2.05) is 0 Å². The highest BCUT2D eigenvalue weighted by Crippen LogP contribution is 2.32. The number of halogens is 2. The number of ether oxygens (including phenoxy) is 2.